The molecule has 1 aliphatic heterocycles. The summed E-state index contributed by atoms with van der Waals surface area (Å²) in [4.78, 5) is 12.7. The van der Waals surface area contributed by atoms with Gasteiger partial charge in [0.2, 0.25) is 21.1 Å². The van der Waals surface area contributed by atoms with Gasteiger partial charge in [0.05, 0.1) is 5.75 Å². The molecule has 7 nitrogen and oxygen atoms in total. The van der Waals surface area contributed by atoms with Crippen LogP contribution in [0.2, 0.25) is 10.0 Å². The first-order valence-corrected chi connectivity index (χ1v) is 13.1. The van der Waals surface area contributed by atoms with Crippen molar-refractivity contribution in [2.24, 2.45) is 5.92 Å². The van der Waals surface area contributed by atoms with E-state index in [1.54, 1.807) is 36.4 Å². The molecule has 168 valence electrons. The maximum atomic E-state index is 12.8. The average Bonchev–Trinajstić information content (AvgIpc) is 3.24. The zero-order valence-corrected chi connectivity index (χ0v) is 20.0. The summed E-state index contributed by atoms with van der Waals surface area (Å²) in [6, 6.07) is 14.1. The van der Waals surface area contributed by atoms with Gasteiger partial charge < -0.3 is 5.32 Å². The van der Waals surface area contributed by atoms with E-state index in [4.69, 9.17) is 23.2 Å². The minimum absolute atomic E-state index is 0.151. The largest absolute Gasteiger partial charge is 0.300 e. The molecular weight excluding hydrogens is 491 g/mol. The smallest absolute Gasteiger partial charge is 0.229 e. The molecule has 1 amide bonds. The Balaban J connectivity index is 1.33. The lowest BCUT2D eigenvalue weighted by atomic mass is 9.97. The predicted molar refractivity (Wildman–Crippen MR) is 127 cm³/mol. The molecule has 11 heteroatoms. The maximum Gasteiger partial charge on any atom is 0.229 e. The second-order valence-corrected chi connectivity index (χ2v) is 11.2. The number of halogens is 2. The lowest BCUT2D eigenvalue weighted by molar-refractivity contribution is -0.120. The van der Waals surface area contributed by atoms with Gasteiger partial charge >= 0.3 is 0 Å². The number of piperidine rings is 1. The van der Waals surface area contributed by atoms with Crippen molar-refractivity contribution in [2.45, 2.75) is 18.6 Å². The van der Waals surface area contributed by atoms with E-state index in [0.717, 1.165) is 5.56 Å². The van der Waals surface area contributed by atoms with E-state index in [1.165, 1.54) is 15.6 Å². The first kappa shape index (κ1) is 23.1. The molecule has 1 N–H and O–H groups in total. The highest BCUT2D eigenvalue weighted by atomic mass is 35.5. The normalized spacial score (nSPS) is 15.6. The highest BCUT2D eigenvalue weighted by Gasteiger charge is 2.31. The molecule has 3 aromatic rings. The Labute approximate surface area is 200 Å². The zero-order valence-electron chi connectivity index (χ0n) is 16.9. The highest BCUT2D eigenvalue weighted by Crippen LogP contribution is 2.29. The number of carbonyl (C=O) groups excluding carboxylic acids is 1. The fraction of sp³-hybridized carbons (Fsp3) is 0.286. The molecule has 0 radical (unpaired) electrons. The Morgan fingerprint density at radius 2 is 1.75 bits per heavy atom. The van der Waals surface area contributed by atoms with Gasteiger partial charge in [0.25, 0.3) is 0 Å². The van der Waals surface area contributed by atoms with Gasteiger partial charge in [0.1, 0.15) is 5.01 Å². The number of anilines is 1. The maximum absolute atomic E-state index is 12.8. The molecule has 0 saturated carbocycles. The predicted octanol–water partition coefficient (Wildman–Crippen LogP) is 4.69. The molecule has 0 atom stereocenters. The van der Waals surface area contributed by atoms with Crippen molar-refractivity contribution in [1.82, 2.24) is 14.5 Å². The summed E-state index contributed by atoms with van der Waals surface area (Å²) in [5.41, 5.74) is 1.44. The van der Waals surface area contributed by atoms with Crippen molar-refractivity contribution in [3.8, 4) is 10.6 Å². The first-order chi connectivity index (χ1) is 15.3. The van der Waals surface area contributed by atoms with Gasteiger partial charge in [-0.1, -0.05) is 64.9 Å². The topological polar surface area (TPSA) is 92.3 Å². The number of benzene rings is 2. The van der Waals surface area contributed by atoms with Crippen molar-refractivity contribution >= 4 is 55.6 Å². The summed E-state index contributed by atoms with van der Waals surface area (Å²) in [5, 5.41) is 13.1. The number of carbonyl (C=O) groups is 1. The lowest BCUT2D eigenvalue weighted by Crippen LogP contribution is -2.41. The summed E-state index contributed by atoms with van der Waals surface area (Å²) >= 11 is 13.3. The molecule has 2 aromatic carbocycles. The highest BCUT2D eigenvalue weighted by molar-refractivity contribution is 7.88. The van der Waals surface area contributed by atoms with Gasteiger partial charge in [-0.2, -0.15) is 0 Å². The van der Waals surface area contributed by atoms with Crippen LogP contribution in [0.5, 0.6) is 0 Å². The first-order valence-electron chi connectivity index (χ1n) is 9.93. The van der Waals surface area contributed by atoms with Crippen LogP contribution in [0.4, 0.5) is 5.13 Å². The van der Waals surface area contributed by atoms with Crippen LogP contribution in [0.15, 0.2) is 48.5 Å². The van der Waals surface area contributed by atoms with E-state index >= 15 is 0 Å². The fourth-order valence-electron chi connectivity index (χ4n) is 3.49. The number of hydrogen-bond donors (Lipinski definition) is 1. The quantitative estimate of drug-likeness (QED) is 0.518. The Morgan fingerprint density at radius 3 is 2.44 bits per heavy atom. The van der Waals surface area contributed by atoms with Crippen LogP contribution in [-0.2, 0) is 20.6 Å². The third-order valence-corrected chi connectivity index (χ3v) is 8.60. The molecule has 2 heterocycles. The van der Waals surface area contributed by atoms with Gasteiger partial charge in [0, 0.05) is 34.6 Å². The molecule has 0 bridgehead atoms. The summed E-state index contributed by atoms with van der Waals surface area (Å²) < 4.78 is 27.0. The number of sulfonamides is 1. The molecule has 1 fully saturated rings. The van der Waals surface area contributed by atoms with Crippen LogP contribution in [-0.4, -0.2) is 41.9 Å². The van der Waals surface area contributed by atoms with E-state index in [0.29, 0.717) is 38.6 Å². The van der Waals surface area contributed by atoms with Crippen LogP contribution in [0, 0.1) is 5.92 Å². The number of nitrogens with one attached hydrogen (secondary N) is 1. The van der Waals surface area contributed by atoms with Gasteiger partial charge in [0.15, 0.2) is 0 Å². The van der Waals surface area contributed by atoms with Crippen molar-refractivity contribution in [2.75, 3.05) is 18.4 Å². The Hall–Kier alpha value is -2.04. The monoisotopic (exact) mass is 510 g/mol. The molecule has 1 aromatic heterocycles. The van der Waals surface area contributed by atoms with E-state index in [9.17, 15) is 13.2 Å². The molecule has 0 spiro atoms. The molecular formula is C21H20Cl2N4O3S2. The van der Waals surface area contributed by atoms with Gasteiger partial charge in [-0.15, -0.1) is 10.2 Å². The van der Waals surface area contributed by atoms with Crippen LogP contribution in [0.3, 0.4) is 0 Å². The Kier molecular flexibility index (Phi) is 7.11. The van der Waals surface area contributed by atoms with E-state index in [1.807, 2.05) is 12.1 Å². The number of aromatic nitrogens is 2. The summed E-state index contributed by atoms with van der Waals surface area (Å²) in [6.07, 6.45) is 0.882. The summed E-state index contributed by atoms with van der Waals surface area (Å²) in [5.74, 6) is -0.612. The second kappa shape index (κ2) is 9.84. The summed E-state index contributed by atoms with van der Waals surface area (Å²) in [7, 11) is -3.51. The third-order valence-electron chi connectivity index (χ3n) is 5.26. The van der Waals surface area contributed by atoms with Gasteiger partial charge in [-0.3, -0.25) is 4.79 Å². The lowest BCUT2D eigenvalue weighted by Gasteiger charge is -2.30. The number of nitrogens with zero attached hydrogens (tertiary/aromatic N) is 3. The molecule has 32 heavy (non-hydrogen) atoms. The van der Waals surface area contributed by atoms with Crippen LogP contribution in [0.25, 0.3) is 10.6 Å². The van der Waals surface area contributed by atoms with Gasteiger partial charge in [-0.25, -0.2) is 12.7 Å². The Morgan fingerprint density at radius 1 is 1.06 bits per heavy atom. The van der Waals surface area contributed by atoms with Crippen molar-refractivity contribution in [1.29, 1.82) is 0 Å². The summed E-state index contributed by atoms with van der Waals surface area (Å²) in [6.45, 7) is 0.577. The van der Waals surface area contributed by atoms with E-state index in [2.05, 4.69) is 15.5 Å². The van der Waals surface area contributed by atoms with Gasteiger partial charge in [-0.05, 0) is 36.6 Å². The zero-order chi connectivity index (χ0) is 22.7. The molecule has 1 aliphatic rings. The SMILES string of the molecule is O=C(Nc1nnc(-c2ccc(Cl)cc2)s1)C1CCN(S(=O)(=O)Cc2ccccc2Cl)CC1. The van der Waals surface area contributed by atoms with E-state index < -0.39 is 10.0 Å². The van der Waals surface area contributed by atoms with Crippen LogP contribution < -0.4 is 5.32 Å². The van der Waals surface area contributed by atoms with Crippen LogP contribution >= 0.6 is 34.5 Å². The Bertz CT molecular complexity index is 1210. The number of amides is 1. The standard InChI is InChI=1S/C21H20Cl2N4O3S2/c22-17-7-5-15(6-8-17)20-25-26-21(31-20)24-19(28)14-9-11-27(12-10-14)32(29,30)13-16-3-1-2-4-18(16)23/h1-8,14H,9-13H2,(H,24,26,28). The van der Waals surface area contributed by atoms with Crippen molar-refractivity contribution in [3.05, 3.63) is 64.1 Å². The number of hydrogen-bond acceptors (Lipinski definition) is 6. The number of rotatable bonds is 6. The minimum Gasteiger partial charge on any atom is -0.300 e. The minimum atomic E-state index is -3.51. The average molecular weight is 511 g/mol. The third kappa shape index (κ3) is 5.47. The molecule has 0 unspecified atom stereocenters. The fourth-order valence-corrected chi connectivity index (χ4v) is 6.24. The molecule has 4 rings (SSSR count). The molecule has 1 saturated heterocycles. The second-order valence-electron chi connectivity index (χ2n) is 7.43. The van der Waals surface area contributed by atoms with Crippen molar-refractivity contribution in [3.63, 3.8) is 0 Å². The van der Waals surface area contributed by atoms with Crippen LogP contribution in [0.1, 0.15) is 18.4 Å². The van der Waals surface area contributed by atoms with E-state index in [-0.39, 0.29) is 30.7 Å². The van der Waals surface area contributed by atoms with Crippen molar-refractivity contribution < 1.29 is 13.2 Å². The molecule has 0 aliphatic carbocycles.